The highest BCUT2D eigenvalue weighted by atomic mass is 16.5. The molecule has 18 heavy (non-hydrogen) atoms. The first-order chi connectivity index (χ1) is 8.78. The van der Waals surface area contributed by atoms with E-state index in [1.54, 1.807) is 0 Å². The van der Waals surface area contributed by atoms with Crippen molar-refractivity contribution in [2.75, 3.05) is 0 Å². The molecule has 2 aromatic rings. The van der Waals surface area contributed by atoms with E-state index in [2.05, 4.69) is 6.92 Å². The number of carbonyl (C=O) groups is 1. The van der Waals surface area contributed by atoms with Gasteiger partial charge in [-0.3, -0.25) is 4.79 Å². The topological polar surface area (TPSA) is 26.3 Å². The quantitative estimate of drug-likeness (QED) is 0.755. The summed E-state index contributed by atoms with van der Waals surface area (Å²) in [6, 6.07) is 13.6. The Hall–Kier alpha value is -2.09. The van der Waals surface area contributed by atoms with Crippen molar-refractivity contribution in [3.8, 4) is 11.5 Å². The van der Waals surface area contributed by atoms with Gasteiger partial charge in [0.15, 0.2) is 5.78 Å². The van der Waals surface area contributed by atoms with Gasteiger partial charge < -0.3 is 4.74 Å². The van der Waals surface area contributed by atoms with Crippen molar-refractivity contribution in [2.24, 2.45) is 0 Å². The summed E-state index contributed by atoms with van der Waals surface area (Å²) in [6.45, 7) is 2.08. The number of aryl methyl sites for hydroxylation is 1. The van der Waals surface area contributed by atoms with Crippen LogP contribution in [-0.2, 0) is 12.8 Å². The van der Waals surface area contributed by atoms with Crippen LogP contribution in [0.1, 0.15) is 28.4 Å². The van der Waals surface area contributed by atoms with Crippen LogP contribution in [0.15, 0.2) is 42.5 Å². The zero-order valence-corrected chi connectivity index (χ0v) is 10.3. The molecule has 1 aliphatic heterocycles. The highest BCUT2D eigenvalue weighted by Gasteiger charge is 2.20. The summed E-state index contributed by atoms with van der Waals surface area (Å²) in [4.78, 5) is 12.3. The van der Waals surface area contributed by atoms with Crippen molar-refractivity contribution < 1.29 is 9.53 Å². The molecule has 0 bridgehead atoms. The zero-order chi connectivity index (χ0) is 12.5. The van der Waals surface area contributed by atoms with Crippen LogP contribution < -0.4 is 4.74 Å². The van der Waals surface area contributed by atoms with Crippen LogP contribution in [0.4, 0.5) is 0 Å². The van der Waals surface area contributed by atoms with E-state index in [-0.39, 0.29) is 5.78 Å². The Morgan fingerprint density at radius 3 is 2.78 bits per heavy atom. The Morgan fingerprint density at radius 2 is 1.94 bits per heavy atom. The maximum atomic E-state index is 12.3. The molecule has 0 aliphatic carbocycles. The van der Waals surface area contributed by atoms with Crippen molar-refractivity contribution in [1.29, 1.82) is 0 Å². The van der Waals surface area contributed by atoms with Gasteiger partial charge in [0.05, 0.1) is 5.56 Å². The second-order valence-electron chi connectivity index (χ2n) is 4.49. The van der Waals surface area contributed by atoms with Gasteiger partial charge in [-0.15, -0.1) is 0 Å². The lowest BCUT2D eigenvalue weighted by atomic mass is 10.0. The second-order valence-corrected chi connectivity index (χ2v) is 4.49. The van der Waals surface area contributed by atoms with Crippen molar-refractivity contribution in [1.82, 2.24) is 0 Å². The molecule has 1 aliphatic rings. The number of hydrogen-bond acceptors (Lipinski definition) is 2. The summed E-state index contributed by atoms with van der Waals surface area (Å²) in [5.41, 5.74) is 2.82. The molecule has 0 fully saturated rings. The predicted molar refractivity (Wildman–Crippen MR) is 70.4 cm³/mol. The van der Waals surface area contributed by atoms with E-state index in [4.69, 9.17) is 4.74 Å². The summed E-state index contributed by atoms with van der Waals surface area (Å²) in [7, 11) is 0. The van der Waals surface area contributed by atoms with E-state index in [0.29, 0.717) is 17.7 Å². The van der Waals surface area contributed by atoms with E-state index in [1.807, 2.05) is 42.5 Å². The molecule has 2 nitrogen and oxygen atoms in total. The zero-order valence-electron chi connectivity index (χ0n) is 10.3. The predicted octanol–water partition coefficient (Wildman–Crippen LogP) is 3.78. The van der Waals surface area contributed by atoms with Crippen LogP contribution in [0.5, 0.6) is 11.5 Å². The third kappa shape index (κ3) is 1.80. The molecule has 0 spiro atoms. The molecule has 90 valence electrons. The van der Waals surface area contributed by atoms with Crippen LogP contribution in [0, 0.1) is 0 Å². The van der Waals surface area contributed by atoms with Gasteiger partial charge in [0.25, 0.3) is 0 Å². The molecule has 0 saturated heterocycles. The van der Waals surface area contributed by atoms with Crippen LogP contribution in [-0.4, -0.2) is 5.78 Å². The SMILES string of the molecule is CCc1ccc2c(c1)C(=O)Cc1ccccc1O2. The van der Waals surface area contributed by atoms with Gasteiger partial charge in [0.2, 0.25) is 0 Å². The number of ether oxygens (including phenoxy) is 1. The molecule has 0 atom stereocenters. The fourth-order valence-electron chi connectivity index (χ4n) is 2.24. The van der Waals surface area contributed by atoms with Gasteiger partial charge >= 0.3 is 0 Å². The number of fused-ring (bicyclic) bond motifs is 2. The number of benzene rings is 2. The first kappa shape index (κ1) is 11.0. The monoisotopic (exact) mass is 238 g/mol. The Bertz CT molecular complexity index is 614. The molecule has 2 heteroatoms. The molecule has 0 radical (unpaired) electrons. The average molecular weight is 238 g/mol. The van der Waals surface area contributed by atoms with Crippen LogP contribution in [0.25, 0.3) is 0 Å². The Balaban J connectivity index is 2.13. The van der Waals surface area contributed by atoms with Crippen LogP contribution in [0.2, 0.25) is 0 Å². The summed E-state index contributed by atoms with van der Waals surface area (Å²) < 4.78 is 5.85. The molecule has 0 saturated carbocycles. The molecule has 2 aromatic carbocycles. The van der Waals surface area contributed by atoms with E-state index >= 15 is 0 Å². The van der Waals surface area contributed by atoms with Gasteiger partial charge in [-0.25, -0.2) is 0 Å². The number of para-hydroxylation sites is 1. The first-order valence-electron chi connectivity index (χ1n) is 6.20. The van der Waals surface area contributed by atoms with Crippen molar-refractivity contribution in [3.05, 3.63) is 59.2 Å². The maximum Gasteiger partial charge on any atom is 0.171 e. The molecule has 0 aromatic heterocycles. The normalized spacial score (nSPS) is 13.3. The first-order valence-corrected chi connectivity index (χ1v) is 6.20. The molecule has 1 heterocycles. The highest BCUT2D eigenvalue weighted by Crippen LogP contribution is 2.33. The molecule has 0 unspecified atom stereocenters. The maximum absolute atomic E-state index is 12.3. The molecule has 0 amide bonds. The van der Waals surface area contributed by atoms with Gasteiger partial charge in [-0.05, 0) is 30.2 Å². The van der Waals surface area contributed by atoms with Gasteiger partial charge in [-0.1, -0.05) is 31.2 Å². The lowest BCUT2D eigenvalue weighted by Gasteiger charge is -2.08. The van der Waals surface area contributed by atoms with Crippen molar-refractivity contribution >= 4 is 5.78 Å². The van der Waals surface area contributed by atoms with Gasteiger partial charge in [0.1, 0.15) is 11.5 Å². The molecular formula is C16H14O2. The minimum Gasteiger partial charge on any atom is -0.456 e. The fourth-order valence-corrected chi connectivity index (χ4v) is 2.24. The molecule has 0 N–H and O–H groups in total. The minimum atomic E-state index is 0.130. The molecular weight excluding hydrogens is 224 g/mol. The van der Waals surface area contributed by atoms with E-state index in [1.165, 1.54) is 0 Å². The van der Waals surface area contributed by atoms with Crippen LogP contribution >= 0.6 is 0 Å². The molecule has 3 rings (SSSR count). The summed E-state index contributed by atoms with van der Waals surface area (Å²) >= 11 is 0. The largest absolute Gasteiger partial charge is 0.456 e. The summed E-state index contributed by atoms with van der Waals surface area (Å²) in [5, 5.41) is 0. The Morgan fingerprint density at radius 1 is 1.11 bits per heavy atom. The second kappa shape index (κ2) is 4.30. The fraction of sp³-hybridized carbons (Fsp3) is 0.188. The number of rotatable bonds is 1. The van der Waals surface area contributed by atoms with Crippen molar-refractivity contribution in [2.45, 2.75) is 19.8 Å². The van der Waals surface area contributed by atoms with Crippen molar-refractivity contribution in [3.63, 3.8) is 0 Å². The van der Waals surface area contributed by atoms with E-state index in [9.17, 15) is 4.79 Å². The number of ketones is 1. The Kier molecular flexibility index (Phi) is 2.63. The lowest BCUT2D eigenvalue weighted by Crippen LogP contribution is -2.02. The number of Topliss-reactive ketones (excluding diaryl/α,β-unsaturated/α-hetero) is 1. The third-order valence-corrected chi connectivity index (χ3v) is 3.30. The highest BCUT2D eigenvalue weighted by molar-refractivity contribution is 6.01. The van der Waals surface area contributed by atoms with E-state index < -0.39 is 0 Å². The average Bonchev–Trinajstić information content (AvgIpc) is 2.54. The van der Waals surface area contributed by atoms with Crippen LogP contribution in [0.3, 0.4) is 0 Å². The lowest BCUT2D eigenvalue weighted by molar-refractivity contribution is 0.0993. The van der Waals surface area contributed by atoms with Gasteiger partial charge in [-0.2, -0.15) is 0 Å². The summed E-state index contributed by atoms with van der Waals surface area (Å²) in [5.74, 6) is 1.58. The Labute approximate surface area is 106 Å². The smallest absolute Gasteiger partial charge is 0.171 e. The van der Waals surface area contributed by atoms with Gasteiger partial charge in [0, 0.05) is 12.0 Å². The minimum absolute atomic E-state index is 0.130. The standard InChI is InChI=1S/C16H14O2/c1-2-11-7-8-16-13(9-11)14(17)10-12-5-3-4-6-15(12)18-16/h3-9H,2,10H2,1H3. The van der Waals surface area contributed by atoms with E-state index in [0.717, 1.165) is 23.3 Å². The number of hydrogen-bond donors (Lipinski definition) is 0. The third-order valence-electron chi connectivity index (χ3n) is 3.30. The summed E-state index contributed by atoms with van der Waals surface area (Å²) in [6.07, 6.45) is 1.34. The number of carbonyl (C=O) groups excluding carboxylic acids is 1.